The number of nitrogens with zero attached hydrogens (tertiary/aromatic N) is 2. The van der Waals surface area contributed by atoms with E-state index in [-0.39, 0.29) is 23.7 Å². The van der Waals surface area contributed by atoms with Gasteiger partial charge in [0.15, 0.2) is 11.6 Å². The molecule has 1 N–H and O–H groups in total. The Kier molecular flexibility index (Phi) is 9.13. The van der Waals surface area contributed by atoms with Crippen molar-refractivity contribution in [2.24, 2.45) is 0 Å². The van der Waals surface area contributed by atoms with E-state index in [9.17, 15) is 9.18 Å². The molecule has 1 aromatic heterocycles. The second kappa shape index (κ2) is 12.8. The number of aromatic nitrogens is 1. The quantitative estimate of drug-likeness (QED) is 0.224. The first kappa shape index (κ1) is 29.9. The molecule has 1 aliphatic carbocycles. The maximum absolute atomic E-state index is 14.4. The van der Waals surface area contributed by atoms with E-state index in [0.29, 0.717) is 47.1 Å². The number of halogens is 4. The van der Waals surface area contributed by atoms with Crippen molar-refractivity contribution >= 4 is 57.6 Å². The van der Waals surface area contributed by atoms with Crippen LogP contribution in [0, 0.1) is 12.7 Å². The van der Waals surface area contributed by atoms with Crippen LogP contribution in [0.1, 0.15) is 66.0 Å². The topological polar surface area (TPSA) is 54.5 Å². The molecule has 5 nitrogen and oxygen atoms in total. The molecule has 0 radical (unpaired) electrons. The van der Waals surface area contributed by atoms with E-state index < -0.39 is 5.82 Å². The minimum Gasteiger partial charge on any atom is -0.489 e. The summed E-state index contributed by atoms with van der Waals surface area (Å²) in [6, 6.07) is 9.22. The lowest BCUT2D eigenvalue weighted by Crippen LogP contribution is -2.51. The number of piperidine rings is 1. The predicted octanol–water partition coefficient (Wildman–Crippen LogP) is 8.42. The molecule has 2 bridgehead atoms. The van der Waals surface area contributed by atoms with Crippen molar-refractivity contribution in [3.05, 3.63) is 84.0 Å². The molecule has 42 heavy (non-hydrogen) atoms. The van der Waals surface area contributed by atoms with E-state index in [0.717, 1.165) is 70.7 Å². The van der Waals surface area contributed by atoms with Crippen molar-refractivity contribution in [2.45, 2.75) is 83.0 Å². The van der Waals surface area contributed by atoms with E-state index in [4.69, 9.17) is 44.5 Å². The van der Waals surface area contributed by atoms with Crippen LogP contribution in [0.25, 0.3) is 5.57 Å². The summed E-state index contributed by atoms with van der Waals surface area (Å²) in [5.41, 5.74) is 3.63. The molecule has 0 spiro atoms. The number of carbonyl (C=O) groups excluding carboxylic acids is 1. The highest BCUT2D eigenvalue weighted by molar-refractivity contribution is 7.12. The van der Waals surface area contributed by atoms with Gasteiger partial charge in [-0.2, -0.15) is 0 Å². The first-order chi connectivity index (χ1) is 20.3. The zero-order valence-corrected chi connectivity index (χ0v) is 26.5. The predicted molar refractivity (Wildman–Crippen MR) is 168 cm³/mol. The third-order valence-electron chi connectivity index (χ3n) is 8.33. The number of nitrogens with one attached hydrogen (secondary N) is 1. The highest BCUT2D eigenvalue weighted by Crippen LogP contribution is 2.41. The minimum absolute atomic E-state index is 0.0315. The van der Waals surface area contributed by atoms with Crippen LogP contribution in [0.3, 0.4) is 0 Å². The van der Waals surface area contributed by atoms with Gasteiger partial charge in [0.2, 0.25) is 0 Å². The summed E-state index contributed by atoms with van der Waals surface area (Å²) in [4.78, 5) is 22.1. The zero-order valence-electron chi connectivity index (χ0n) is 23.4. The van der Waals surface area contributed by atoms with Crippen molar-refractivity contribution in [2.75, 3.05) is 6.61 Å². The molecule has 3 aromatic rings. The fourth-order valence-corrected chi connectivity index (χ4v) is 7.59. The van der Waals surface area contributed by atoms with Gasteiger partial charge in [-0.1, -0.05) is 53.0 Å². The Balaban J connectivity index is 1.21. The van der Waals surface area contributed by atoms with Crippen LogP contribution >= 0.6 is 46.1 Å². The molecule has 2 aromatic carbocycles. The zero-order chi connectivity index (χ0) is 29.4. The summed E-state index contributed by atoms with van der Waals surface area (Å²) in [6.45, 7) is 2.60. The molecule has 10 heteroatoms. The Morgan fingerprint density at radius 2 is 1.98 bits per heavy atom. The number of hydrogen-bond acceptors (Lipinski definition) is 5. The third kappa shape index (κ3) is 6.36. The number of thiazole rings is 1. The number of aryl methyl sites for hydroxylation is 2. The first-order valence-electron chi connectivity index (χ1n) is 14.6. The average Bonchev–Trinajstić information content (AvgIpc) is 3.71. The van der Waals surface area contributed by atoms with Gasteiger partial charge >= 0.3 is 0 Å². The lowest BCUT2D eigenvalue weighted by Gasteiger charge is -2.40. The molecule has 222 valence electrons. The maximum atomic E-state index is 14.4. The van der Waals surface area contributed by atoms with Gasteiger partial charge in [-0.05, 0) is 80.7 Å². The van der Waals surface area contributed by atoms with E-state index in [2.05, 4.69) is 5.32 Å². The van der Waals surface area contributed by atoms with Crippen molar-refractivity contribution in [3.63, 3.8) is 0 Å². The lowest BCUT2D eigenvalue weighted by molar-refractivity contribution is -0.128. The fourth-order valence-electron chi connectivity index (χ4n) is 5.97. The monoisotopic (exact) mass is 647 g/mol. The van der Waals surface area contributed by atoms with Gasteiger partial charge in [0, 0.05) is 42.9 Å². The minimum atomic E-state index is -0.458. The molecular weight excluding hydrogens is 616 g/mol. The summed E-state index contributed by atoms with van der Waals surface area (Å²) < 4.78 is 19.9. The van der Waals surface area contributed by atoms with Gasteiger partial charge in [0.05, 0.1) is 31.6 Å². The molecule has 1 saturated carbocycles. The van der Waals surface area contributed by atoms with Crippen LogP contribution in [-0.2, 0) is 17.8 Å². The molecule has 2 unspecified atom stereocenters. The van der Waals surface area contributed by atoms with Crippen molar-refractivity contribution in [3.8, 4) is 5.75 Å². The van der Waals surface area contributed by atoms with E-state index >= 15 is 0 Å². The fraction of sp³-hybridized carbons (Fsp3) is 0.438. The Labute approximate surface area is 265 Å². The number of fused-ring (bicyclic) bond motifs is 2. The van der Waals surface area contributed by atoms with Crippen LogP contribution in [0.2, 0.25) is 15.1 Å². The van der Waals surface area contributed by atoms with E-state index in [1.165, 1.54) is 6.07 Å². The number of rotatable bonds is 10. The molecule has 2 atom stereocenters. The molecular formula is C32H33Cl3FN3O2S. The van der Waals surface area contributed by atoms with Crippen LogP contribution in [0.5, 0.6) is 5.75 Å². The van der Waals surface area contributed by atoms with Gasteiger partial charge in [-0.3, -0.25) is 4.79 Å². The van der Waals surface area contributed by atoms with Gasteiger partial charge in [0.25, 0.3) is 5.91 Å². The summed E-state index contributed by atoms with van der Waals surface area (Å²) >= 11 is 20.7. The molecule has 2 aliphatic heterocycles. The summed E-state index contributed by atoms with van der Waals surface area (Å²) in [6.07, 6.45) is 9.24. The van der Waals surface area contributed by atoms with Crippen molar-refractivity contribution in [1.29, 1.82) is 0 Å². The number of amides is 1. The van der Waals surface area contributed by atoms with Crippen LogP contribution in [0.4, 0.5) is 4.39 Å². The molecule has 3 aliphatic rings. The Bertz CT molecular complexity index is 1520. The van der Waals surface area contributed by atoms with Crippen LogP contribution < -0.4 is 10.1 Å². The Morgan fingerprint density at radius 1 is 1.14 bits per heavy atom. The number of benzene rings is 2. The molecule has 3 heterocycles. The lowest BCUT2D eigenvalue weighted by atomic mass is 9.81. The summed E-state index contributed by atoms with van der Waals surface area (Å²) in [5, 5.41) is 6.02. The smallest absolute Gasteiger partial charge is 0.252 e. The third-order valence-corrected chi connectivity index (χ3v) is 10.8. The highest BCUT2D eigenvalue weighted by Gasteiger charge is 2.41. The molecule has 1 saturated heterocycles. The van der Waals surface area contributed by atoms with Crippen LogP contribution in [0.15, 0.2) is 42.1 Å². The summed E-state index contributed by atoms with van der Waals surface area (Å²) in [7, 11) is 0. The summed E-state index contributed by atoms with van der Waals surface area (Å²) in [5.74, 6) is -0.271. The first-order valence-corrected chi connectivity index (χ1v) is 16.5. The van der Waals surface area contributed by atoms with E-state index in [1.54, 1.807) is 23.5 Å². The maximum Gasteiger partial charge on any atom is 0.252 e. The Hall–Kier alpha value is -2.16. The van der Waals surface area contributed by atoms with Gasteiger partial charge < -0.3 is 15.0 Å². The second-order valence-electron chi connectivity index (χ2n) is 11.4. The SMILES string of the molecule is Cc1ccc(F)c(OCCCc2ncc(C3=C(C(=O)N(Cc4cccc(Cl)c4Cl)C4CC4)C4CCCC(C3)N4)s2)c1Cl. The van der Waals surface area contributed by atoms with Crippen LogP contribution in [-0.4, -0.2) is 40.5 Å². The molecule has 2 fully saturated rings. The second-order valence-corrected chi connectivity index (χ2v) is 13.7. The number of hydrogen-bond donors (Lipinski definition) is 1. The molecule has 6 rings (SSSR count). The van der Waals surface area contributed by atoms with Crippen molar-refractivity contribution in [1.82, 2.24) is 15.2 Å². The van der Waals surface area contributed by atoms with Gasteiger partial charge in [-0.15, -0.1) is 11.3 Å². The number of carbonyl (C=O) groups is 1. The Morgan fingerprint density at radius 3 is 2.79 bits per heavy atom. The average molecular weight is 649 g/mol. The molecule has 1 amide bonds. The van der Waals surface area contributed by atoms with E-state index in [1.807, 2.05) is 30.2 Å². The van der Waals surface area contributed by atoms with Gasteiger partial charge in [0.1, 0.15) is 0 Å². The van der Waals surface area contributed by atoms with Gasteiger partial charge in [-0.25, -0.2) is 9.37 Å². The largest absolute Gasteiger partial charge is 0.489 e. The normalized spacial score (nSPS) is 20.1. The standard InChI is InChI=1S/C32H33Cl3FN3O2S/c1-18-10-13-24(36)31(29(18)34)41-14-4-9-27-37-16-26(42-27)22-15-20-6-3-8-25(38-20)28(22)32(40)39(21-11-12-21)17-19-5-2-7-23(33)30(19)35/h2,5,7,10,13,16,20-21,25,38H,3-4,6,8-9,11-12,14-15,17H2,1H3. The highest BCUT2D eigenvalue weighted by atomic mass is 35.5. The number of ether oxygens (including phenoxy) is 1. The van der Waals surface area contributed by atoms with Crippen molar-refractivity contribution < 1.29 is 13.9 Å².